The molecule has 31 heavy (non-hydrogen) atoms. The van der Waals surface area contributed by atoms with Crippen molar-refractivity contribution in [3.05, 3.63) is 53.7 Å². The van der Waals surface area contributed by atoms with E-state index in [2.05, 4.69) is 25.8 Å². The van der Waals surface area contributed by atoms with Gasteiger partial charge in [0.05, 0.1) is 5.41 Å². The smallest absolute Gasteiger partial charge is 0.395 e. The number of H-pyrrole nitrogens is 1. The topological polar surface area (TPSA) is 63.4 Å². The molecule has 2 heterocycles. The maximum absolute atomic E-state index is 13.3. The van der Waals surface area contributed by atoms with Crippen LogP contribution in [0.2, 0.25) is 0 Å². The molecule has 5 nitrogen and oxygen atoms in total. The third-order valence-corrected chi connectivity index (χ3v) is 6.83. The Morgan fingerprint density at radius 2 is 1.77 bits per heavy atom. The molecule has 1 aromatic heterocycles. The fourth-order valence-corrected chi connectivity index (χ4v) is 4.96. The Bertz CT molecular complexity index is 1190. The van der Waals surface area contributed by atoms with E-state index in [1.165, 1.54) is 43.5 Å². The Kier molecular flexibility index (Phi) is 3.88. The highest BCUT2D eigenvalue weighted by atomic mass is 19.3. The van der Waals surface area contributed by atoms with Crippen LogP contribution in [0.5, 0.6) is 11.5 Å². The number of alkyl halides is 2. The van der Waals surface area contributed by atoms with E-state index in [0.717, 1.165) is 16.6 Å². The summed E-state index contributed by atoms with van der Waals surface area (Å²) in [5, 5.41) is 4.10. The lowest BCUT2D eigenvalue weighted by Crippen LogP contribution is -2.27. The first-order chi connectivity index (χ1) is 14.9. The molecule has 0 saturated heterocycles. The van der Waals surface area contributed by atoms with Crippen LogP contribution < -0.4 is 14.8 Å². The standard InChI is InChI=1S/C24H22F2N2O3/c25-24(26)30-20-8-5-16(13-21(20)31-24)23(9-10-23)22(29)27-17-6-7-18-15(11-17)12-19(28-18)14-3-1-2-4-14/h5-8,11-14,28H,1-4,9-10H2,(H,27,29). The first kappa shape index (κ1) is 18.7. The minimum Gasteiger partial charge on any atom is -0.395 e. The van der Waals surface area contributed by atoms with Gasteiger partial charge in [0.25, 0.3) is 0 Å². The van der Waals surface area contributed by atoms with Gasteiger partial charge in [-0.25, -0.2) is 0 Å². The minimum atomic E-state index is -3.66. The molecule has 0 unspecified atom stereocenters. The summed E-state index contributed by atoms with van der Waals surface area (Å²) in [4.78, 5) is 16.7. The first-order valence-electron chi connectivity index (χ1n) is 10.8. The van der Waals surface area contributed by atoms with Gasteiger partial charge in [0.1, 0.15) is 0 Å². The van der Waals surface area contributed by atoms with Gasteiger partial charge in [-0.05, 0) is 73.6 Å². The van der Waals surface area contributed by atoms with Gasteiger partial charge < -0.3 is 19.8 Å². The van der Waals surface area contributed by atoms with E-state index in [9.17, 15) is 13.6 Å². The summed E-state index contributed by atoms with van der Waals surface area (Å²) in [6, 6.07) is 12.7. The van der Waals surface area contributed by atoms with Crippen LogP contribution in [0.25, 0.3) is 10.9 Å². The summed E-state index contributed by atoms with van der Waals surface area (Å²) in [5.41, 5.74) is 3.01. The second-order valence-electron chi connectivity index (χ2n) is 8.87. The van der Waals surface area contributed by atoms with Crippen molar-refractivity contribution in [2.24, 2.45) is 0 Å². The average molecular weight is 424 g/mol. The summed E-state index contributed by atoms with van der Waals surface area (Å²) in [6.07, 6.45) is 2.66. The highest BCUT2D eigenvalue weighted by Crippen LogP contribution is 2.52. The number of anilines is 1. The van der Waals surface area contributed by atoms with Gasteiger partial charge in [-0.15, -0.1) is 8.78 Å². The van der Waals surface area contributed by atoms with Gasteiger partial charge in [0.2, 0.25) is 5.91 Å². The van der Waals surface area contributed by atoms with E-state index in [1.54, 1.807) is 6.07 Å². The molecule has 1 amide bonds. The number of rotatable bonds is 4. The van der Waals surface area contributed by atoms with Gasteiger partial charge in [-0.1, -0.05) is 18.9 Å². The second-order valence-corrected chi connectivity index (χ2v) is 8.87. The lowest BCUT2D eigenvalue weighted by Gasteiger charge is -2.16. The van der Waals surface area contributed by atoms with Crippen molar-refractivity contribution >= 4 is 22.5 Å². The summed E-state index contributed by atoms with van der Waals surface area (Å²) >= 11 is 0. The van der Waals surface area contributed by atoms with Crippen LogP contribution in [-0.2, 0) is 10.2 Å². The normalized spacial score (nSPS) is 20.8. The van der Waals surface area contributed by atoms with Crippen molar-refractivity contribution in [3.63, 3.8) is 0 Å². The number of carbonyl (C=O) groups is 1. The number of halogens is 2. The van der Waals surface area contributed by atoms with Crippen molar-refractivity contribution < 1.29 is 23.0 Å². The molecule has 0 spiro atoms. The quantitative estimate of drug-likeness (QED) is 0.555. The van der Waals surface area contributed by atoms with E-state index < -0.39 is 11.7 Å². The molecular weight excluding hydrogens is 402 g/mol. The number of nitrogens with one attached hydrogen (secondary N) is 2. The van der Waals surface area contributed by atoms with Crippen LogP contribution in [0, 0.1) is 0 Å². The first-order valence-corrected chi connectivity index (χ1v) is 10.8. The molecule has 1 aliphatic heterocycles. The van der Waals surface area contributed by atoms with Crippen LogP contribution in [0.4, 0.5) is 14.5 Å². The maximum Gasteiger partial charge on any atom is 0.586 e. The summed E-state index contributed by atoms with van der Waals surface area (Å²) in [7, 11) is 0. The molecule has 0 bridgehead atoms. The number of ether oxygens (including phenoxy) is 2. The number of amides is 1. The summed E-state index contributed by atoms with van der Waals surface area (Å²) < 4.78 is 35.7. The van der Waals surface area contributed by atoms with E-state index >= 15 is 0 Å². The fraction of sp³-hybridized carbons (Fsp3) is 0.375. The van der Waals surface area contributed by atoms with E-state index in [4.69, 9.17) is 0 Å². The molecule has 2 saturated carbocycles. The SMILES string of the molecule is O=C(Nc1ccc2[nH]c(C3CCCC3)cc2c1)C1(c2ccc3c(c2)OC(F)(F)O3)CC1. The average Bonchev–Trinajstić information content (AvgIpc) is 3.07. The number of aromatic amines is 1. The Labute approximate surface area is 177 Å². The van der Waals surface area contributed by atoms with Gasteiger partial charge in [-0.2, -0.15) is 0 Å². The van der Waals surface area contributed by atoms with Crippen LogP contribution in [-0.4, -0.2) is 17.2 Å². The summed E-state index contributed by atoms with van der Waals surface area (Å²) in [6.45, 7) is 0. The van der Waals surface area contributed by atoms with E-state index in [0.29, 0.717) is 24.3 Å². The number of aromatic nitrogens is 1. The molecule has 3 aliphatic rings. The largest absolute Gasteiger partial charge is 0.586 e. The van der Waals surface area contributed by atoms with Gasteiger partial charge in [-0.3, -0.25) is 4.79 Å². The van der Waals surface area contributed by atoms with Gasteiger partial charge in [0.15, 0.2) is 11.5 Å². The molecule has 0 radical (unpaired) electrons. The van der Waals surface area contributed by atoms with Gasteiger partial charge >= 0.3 is 6.29 Å². The third-order valence-electron chi connectivity index (χ3n) is 6.83. The zero-order valence-electron chi connectivity index (χ0n) is 16.8. The van der Waals surface area contributed by atoms with E-state index in [-0.39, 0.29) is 17.4 Å². The van der Waals surface area contributed by atoms with Crippen LogP contribution in [0.15, 0.2) is 42.5 Å². The molecule has 160 valence electrons. The molecule has 6 rings (SSSR count). The second kappa shape index (κ2) is 6.45. The van der Waals surface area contributed by atoms with Crippen molar-refractivity contribution in [1.82, 2.24) is 4.98 Å². The van der Waals surface area contributed by atoms with Crippen molar-refractivity contribution in [2.75, 3.05) is 5.32 Å². The molecule has 2 N–H and O–H groups in total. The highest BCUT2D eigenvalue weighted by Gasteiger charge is 2.52. The van der Waals surface area contributed by atoms with Crippen molar-refractivity contribution in [2.45, 2.75) is 56.2 Å². The molecule has 2 aliphatic carbocycles. The van der Waals surface area contributed by atoms with Gasteiger partial charge in [0, 0.05) is 22.3 Å². The highest BCUT2D eigenvalue weighted by molar-refractivity contribution is 6.02. The molecule has 3 aromatic rings. The molecule has 2 aromatic carbocycles. The third kappa shape index (κ3) is 3.14. The Hall–Kier alpha value is -3.09. The molecule has 7 heteroatoms. The van der Waals surface area contributed by atoms with Crippen LogP contribution in [0.3, 0.4) is 0 Å². The van der Waals surface area contributed by atoms with Crippen molar-refractivity contribution in [3.8, 4) is 11.5 Å². The lowest BCUT2D eigenvalue weighted by atomic mass is 9.94. The Morgan fingerprint density at radius 3 is 2.55 bits per heavy atom. The van der Waals surface area contributed by atoms with E-state index in [1.807, 2.05) is 18.2 Å². The number of hydrogen-bond donors (Lipinski definition) is 2. The predicted molar refractivity (Wildman–Crippen MR) is 112 cm³/mol. The predicted octanol–water partition coefficient (Wildman–Crippen LogP) is 5.82. The monoisotopic (exact) mass is 424 g/mol. The number of fused-ring (bicyclic) bond motifs is 2. The zero-order chi connectivity index (χ0) is 21.2. The van der Waals surface area contributed by atoms with Crippen molar-refractivity contribution in [1.29, 1.82) is 0 Å². The Balaban J connectivity index is 1.23. The van der Waals surface area contributed by atoms with Crippen LogP contribution >= 0.6 is 0 Å². The summed E-state index contributed by atoms with van der Waals surface area (Å²) in [5.74, 6) is 0.415. The fourth-order valence-electron chi connectivity index (χ4n) is 4.96. The number of hydrogen-bond acceptors (Lipinski definition) is 3. The molecular formula is C24H22F2N2O3. The maximum atomic E-state index is 13.3. The molecule has 0 atom stereocenters. The number of carbonyl (C=O) groups excluding carboxylic acids is 1. The molecule has 2 fully saturated rings. The zero-order valence-corrected chi connectivity index (χ0v) is 16.8. The Morgan fingerprint density at radius 1 is 1.00 bits per heavy atom. The lowest BCUT2D eigenvalue weighted by molar-refractivity contribution is -0.286. The number of benzene rings is 2. The van der Waals surface area contributed by atoms with Crippen LogP contribution in [0.1, 0.15) is 55.7 Å². The minimum absolute atomic E-state index is 0.0130.